The average Bonchev–Trinajstić information content (AvgIpc) is 3.19. The first-order chi connectivity index (χ1) is 13.8. The maximum absolute atomic E-state index is 5.01. The Kier molecular flexibility index (Phi) is 5.07. The molecule has 2 aromatic carbocycles. The summed E-state index contributed by atoms with van der Waals surface area (Å²) >= 11 is 1.74. The van der Waals surface area contributed by atoms with Crippen LogP contribution < -0.4 is 0 Å². The molecule has 0 atom stereocenters. The van der Waals surface area contributed by atoms with E-state index in [1.807, 2.05) is 0 Å². The number of hydrogen-bond acceptors (Lipinski definition) is 3. The molecule has 0 saturated carbocycles. The lowest BCUT2D eigenvalue weighted by molar-refractivity contribution is 0.801. The highest BCUT2D eigenvalue weighted by atomic mass is 32.1. The lowest BCUT2D eigenvalue weighted by Gasteiger charge is -2.23. The Bertz CT molecular complexity index is 1170. The molecular weight excluding hydrogens is 374 g/mol. The number of para-hydroxylation sites is 1. The largest absolute Gasteiger partial charge is 0.296 e. The first-order valence-corrected chi connectivity index (χ1v) is 11.2. The van der Waals surface area contributed by atoms with Crippen LogP contribution in [0.3, 0.4) is 0 Å². The van der Waals surface area contributed by atoms with Gasteiger partial charge in [-0.15, -0.1) is 11.3 Å². The summed E-state index contributed by atoms with van der Waals surface area (Å²) in [5.74, 6) is 1.87. The van der Waals surface area contributed by atoms with E-state index < -0.39 is 0 Å². The molecule has 0 aliphatic rings. The van der Waals surface area contributed by atoms with Crippen LogP contribution in [0.15, 0.2) is 36.4 Å². The van der Waals surface area contributed by atoms with Gasteiger partial charge in [-0.25, -0.2) is 9.97 Å². The third kappa shape index (κ3) is 3.40. The SMILES string of the molecule is Cc1nc2cc(-c3nc(C)c(C)n3-c3c(C(C)C)cccc3C(C)C)ccc2s1. The van der Waals surface area contributed by atoms with Crippen molar-refractivity contribution in [2.45, 2.75) is 60.3 Å². The van der Waals surface area contributed by atoms with E-state index >= 15 is 0 Å². The van der Waals surface area contributed by atoms with Crippen LogP contribution in [0, 0.1) is 20.8 Å². The van der Waals surface area contributed by atoms with Crippen molar-refractivity contribution in [1.82, 2.24) is 14.5 Å². The Labute approximate surface area is 177 Å². The van der Waals surface area contributed by atoms with Crippen molar-refractivity contribution in [1.29, 1.82) is 0 Å². The molecule has 0 fully saturated rings. The van der Waals surface area contributed by atoms with Gasteiger partial charge in [-0.05, 0) is 61.9 Å². The van der Waals surface area contributed by atoms with Crippen LogP contribution >= 0.6 is 11.3 Å². The molecule has 0 aliphatic heterocycles. The normalized spacial score (nSPS) is 11.9. The van der Waals surface area contributed by atoms with E-state index in [0.717, 1.165) is 27.6 Å². The third-order valence-corrected chi connectivity index (χ3v) is 6.62. The molecule has 0 amide bonds. The summed E-state index contributed by atoms with van der Waals surface area (Å²) in [6.07, 6.45) is 0. The molecule has 0 unspecified atom stereocenters. The standard InChI is InChI=1S/C25H29N3S/c1-14(2)20-9-8-10-21(15(3)4)24(20)28-17(6)16(5)26-25(28)19-11-12-23-22(13-19)27-18(7)29-23/h8-15H,1-7H3. The van der Waals surface area contributed by atoms with Gasteiger partial charge in [0.15, 0.2) is 0 Å². The minimum Gasteiger partial charge on any atom is -0.296 e. The summed E-state index contributed by atoms with van der Waals surface area (Å²) in [6, 6.07) is 13.3. The van der Waals surface area contributed by atoms with E-state index in [2.05, 4.69) is 89.4 Å². The topological polar surface area (TPSA) is 30.7 Å². The van der Waals surface area contributed by atoms with Crippen LogP contribution in [0.4, 0.5) is 0 Å². The van der Waals surface area contributed by atoms with Gasteiger partial charge < -0.3 is 0 Å². The number of nitrogens with zero attached hydrogens (tertiary/aromatic N) is 3. The monoisotopic (exact) mass is 403 g/mol. The third-order valence-electron chi connectivity index (χ3n) is 5.66. The Morgan fingerprint density at radius 1 is 0.862 bits per heavy atom. The van der Waals surface area contributed by atoms with Crippen molar-refractivity contribution in [2.75, 3.05) is 0 Å². The maximum atomic E-state index is 5.01. The summed E-state index contributed by atoms with van der Waals surface area (Å²) in [5.41, 5.74) is 8.46. The molecule has 150 valence electrons. The van der Waals surface area contributed by atoms with Gasteiger partial charge >= 0.3 is 0 Å². The molecule has 2 aromatic heterocycles. The van der Waals surface area contributed by atoms with Crippen molar-refractivity contribution < 1.29 is 0 Å². The summed E-state index contributed by atoms with van der Waals surface area (Å²) < 4.78 is 3.60. The average molecular weight is 404 g/mol. The molecule has 4 aromatic rings. The fourth-order valence-electron chi connectivity index (χ4n) is 4.03. The minimum absolute atomic E-state index is 0.433. The molecule has 0 radical (unpaired) electrons. The molecule has 0 saturated heterocycles. The molecule has 0 N–H and O–H groups in total. The second-order valence-electron chi connectivity index (χ2n) is 8.45. The second-order valence-corrected chi connectivity index (χ2v) is 9.69. The van der Waals surface area contributed by atoms with Gasteiger partial charge in [-0.1, -0.05) is 45.9 Å². The highest BCUT2D eigenvalue weighted by Gasteiger charge is 2.22. The second kappa shape index (κ2) is 7.42. The van der Waals surface area contributed by atoms with E-state index in [9.17, 15) is 0 Å². The highest BCUT2D eigenvalue weighted by Crippen LogP contribution is 2.36. The van der Waals surface area contributed by atoms with Gasteiger partial charge in [-0.2, -0.15) is 0 Å². The van der Waals surface area contributed by atoms with Crippen LogP contribution in [0.2, 0.25) is 0 Å². The zero-order valence-corrected chi connectivity index (χ0v) is 19.2. The Balaban J connectivity index is 2.04. The van der Waals surface area contributed by atoms with Gasteiger partial charge in [0, 0.05) is 11.3 Å². The van der Waals surface area contributed by atoms with Crippen LogP contribution in [0.25, 0.3) is 27.3 Å². The van der Waals surface area contributed by atoms with Gasteiger partial charge in [-0.3, -0.25) is 4.57 Å². The van der Waals surface area contributed by atoms with Gasteiger partial charge in [0.25, 0.3) is 0 Å². The summed E-state index contributed by atoms with van der Waals surface area (Å²) in [6.45, 7) is 15.4. The summed E-state index contributed by atoms with van der Waals surface area (Å²) in [5, 5.41) is 1.10. The predicted molar refractivity (Wildman–Crippen MR) is 125 cm³/mol. The molecule has 4 heteroatoms. The van der Waals surface area contributed by atoms with Crippen molar-refractivity contribution in [3.8, 4) is 17.1 Å². The van der Waals surface area contributed by atoms with Crippen LogP contribution in [0.5, 0.6) is 0 Å². The number of aromatic nitrogens is 3. The first kappa shape index (κ1) is 19.8. The Morgan fingerprint density at radius 3 is 2.14 bits per heavy atom. The number of fused-ring (bicyclic) bond motifs is 1. The van der Waals surface area contributed by atoms with E-state index in [-0.39, 0.29) is 0 Å². The van der Waals surface area contributed by atoms with Crippen LogP contribution in [-0.2, 0) is 0 Å². The number of aryl methyl sites for hydroxylation is 2. The number of hydrogen-bond donors (Lipinski definition) is 0. The molecule has 29 heavy (non-hydrogen) atoms. The summed E-state index contributed by atoms with van der Waals surface area (Å²) in [4.78, 5) is 9.71. The number of thiazole rings is 1. The number of rotatable bonds is 4. The van der Waals surface area contributed by atoms with Crippen molar-refractivity contribution in [3.63, 3.8) is 0 Å². The molecular formula is C25H29N3S. The lowest BCUT2D eigenvalue weighted by atomic mass is 9.92. The Morgan fingerprint density at radius 2 is 1.52 bits per heavy atom. The molecule has 2 heterocycles. The molecule has 3 nitrogen and oxygen atoms in total. The smallest absolute Gasteiger partial charge is 0.145 e. The van der Waals surface area contributed by atoms with E-state index in [1.54, 1.807) is 11.3 Å². The van der Waals surface area contributed by atoms with Gasteiger partial charge in [0.05, 0.1) is 26.6 Å². The maximum Gasteiger partial charge on any atom is 0.145 e. The lowest BCUT2D eigenvalue weighted by Crippen LogP contribution is -2.09. The highest BCUT2D eigenvalue weighted by molar-refractivity contribution is 7.18. The van der Waals surface area contributed by atoms with Crippen molar-refractivity contribution in [3.05, 3.63) is 63.9 Å². The van der Waals surface area contributed by atoms with E-state index in [1.165, 1.54) is 27.2 Å². The van der Waals surface area contributed by atoms with Gasteiger partial charge in [0.1, 0.15) is 5.82 Å². The first-order valence-electron chi connectivity index (χ1n) is 10.3. The van der Waals surface area contributed by atoms with Crippen LogP contribution in [0.1, 0.15) is 67.1 Å². The quantitative estimate of drug-likeness (QED) is 0.357. The van der Waals surface area contributed by atoms with E-state index in [0.29, 0.717) is 11.8 Å². The Hall–Kier alpha value is -2.46. The van der Waals surface area contributed by atoms with Crippen molar-refractivity contribution >= 4 is 21.6 Å². The van der Waals surface area contributed by atoms with Gasteiger partial charge in [0.2, 0.25) is 0 Å². The fourth-order valence-corrected chi connectivity index (χ4v) is 4.84. The van der Waals surface area contributed by atoms with Crippen LogP contribution in [-0.4, -0.2) is 14.5 Å². The molecule has 0 bridgehead atoms. The molecule has 0 spiro atoms. The molecule has 0 aliphatic carbocycles. The number of imidazole rings is 1. The minimum atomic E-state index is 0.433. The fraction of sp³-hybridized carbons (Fsp3) is 0.360. The zero-order valence-electron chi connectivity index (χ0n) is 18.4. The number of benzene rings is 2. The van der Waals surface area contributed by atoms with E-state index in [4.69, 9.17) is 9.97 Å². The summed E-state index contributed by atoms with van der Waals surface area (Å²) in [7, 11) is 0. The van der Waals surface area contributed by atoms with Crippen molar-refractivity contribution in [2.24, 2.45) is 0 Å². The predicted octanol–water partition coefficient (Wildman–Crippen LogP) is 7.32. The zero-order chi connectivity index (χ0) is 20.9. The molecule has 4 rings (SSSR count).